The van der Waals surface area contributed by atoms with Gasteiger partial charge in [0, 0.05) is 29.4 Å². The van der Waals surface area contributed by atoms with Gasteiger partial charge in [-0.25, -0.2) is 0 Å². The number of hydrogen-bond acceptors (Lipinski definition) is 5. The van der Waals surface area contributed by atoms with Crippen molar-refractivity contribution in [2.24, 2.45) is 11.1 Å². The Labute approximate surface area is 217 Å². The molecule has 6 rings (SSSR count). The highest BCUT2D eigenvalue weighted by Gasteiger charge is 2.67. The van der Waals surface area contributed by atoms with Crippen molar-refractivity contribution in [3.63, 3.8) is 0 Å². The molecule has 0 unspecified atom stereocenters. The first-order valence-electron chi connectivity index (χ1n) is 12.8. The molecule has 0 saturated carbocycles. The van der Waals surface area contributed by atoms with Crippen LogP contribution < -0.4 is 10.6 Å². The fraction of sp³-hybridized carbons (Fsp3) is 0.387. The average molecular weight is 494 g/mol. The predicted molar refractivity (Wildman–Crippen MR) is 140 cm³/mol. The van der Waals surface area contributed by atoms with E-state index in [2.05, 4.69) is 45.0 Å². The number of ketones is 1. The third-order valence-electron chi connectivity index (χ3n) is 8.76. The standard InChI is InChI=1S/C31H31N3O3/c1-28(2)14-22(35)24-23(15-28)37-26(33)21(16-32)31(24)20-13-9-12-19-25(20)34(27(31)36)29(3,4)17-30(19,5)18-10-7-6-8-11-18/h6-13H,14-15,17,33H2,1-5H3/t30-,31+/m0/s1. The lowest BCUT2D eigenvalue weighted by Gasteiger charge is -2.50. The molecule has 1 spiro atoms. The fourth-order valence-electron chi connectivity index (χ4n) is 7.48. The second kappa shape index (κ2) is 7.13. The highest BCUT2D eigenvalue weighted by atomic mass is 16.5. The number of benzene rings is 2. The normalized spacial score (nSPS) is 29.1. The van der Waals surface area contributed by atoms with Gasteiger partial charge in [-0.3, -0.25) is 9.59 Å². The molecule has 3 heterocycles. The Morgan fingerprint density at radius 3 is 2.30 bits per heavy atom. The maximum Gasteiger partial charge on any atom is 0.248 e. The number of para-hydroxylation sites is 1. The number of allylic oxidation sites excluding steroid dienone is 1. The molecule has 4 aliphatic rings. The number of carbonyl (C=O) groups is 2. The van der Waals surface area contributed by atoms with E-state index in [1.165, 1.54) is 0 Å². The van der Waals surface area contributed by atoms with E-state index < -0.39 is 11.0 Å². The maximum atomic E-state index is 14.8. The second-order valence-corrected chi connectivity index (χ2v) is 12.5. The van der Waals surface area contributed by atoms with Crippen molar-refractivity contribution < 1.29 is 14.3 Å². The quantitative estimate of drug-likeness (QED) is 0.594. The van der Waals surface area contributed by atoms with Gasteiger partial charge in [0.15, 0.2) is 5.78 Å². The minimum atomic E-state index is -1.61. The summed E-state index contributed by atoms with van der Waals surface area (Å²) in [4.78, 5) is 30.5. The van der Waals surface area contributed by atoms with Crippen LogP contribution in [0.4, 0.5) is 5.69 Å². The number of rotatable bonds is 1. The van der Waals surface area contributed by atoms with Crippen molar-refractivity contribution in [2.75, 3.05) is 4.90 Å². The van der Waals surface area contributed by atoms with Gasteiger partial charge in [-0.05, 0) is 36.8 Å². The Morgan fingerprint density at radius 1 is 0.946 bits per heavy atom. The molecule has 6 heteroatoms. The zero-order chi connectivity index (χ0) is 26.5. The summed E-state index contributed by atoms with van der Waals surface area (Å²) >= 11 is 0. The lowest BCUT2D eigenvalue weighted by atomic mass is 9.61. The fourth-order valence-corrected chi connectivity index (χ4v) is 7.48. The van der Waals surface area contributed by atoms with Crippen LogP contribution in [0.3, 0.4) is 0 Å². The van der Waals surface area contributed by atoms with Crippen molar-refractivity contribution in [3.8, 4) is 6.07 Å². The van der Waals surface area contributed by atoms with Crippen LogP contribution >= 0.6 is 0 Å². The van der Waals surface area contributed by atoms with Gasteiger partial charge in [-0.15, -0.1) is 0 Å². The second-order valence-electron chi connectivity index (χ2n) is 12.5. The molecule has 2 aromatic rings. The van der Waals surface area contributed by atoms with Crippen LogP contribution in [0.15, 0.2) is 71.3 Å². The summed E-state index contributed by atoms with van der Waals surface area (Å²) in [5, 5.41) is 10.4. The molecule has 1 aliphatic carbocycles. The largest absolute Gasteiger partial charge is 0.444 e. The number of nitrogens with zero attached hydrogens (tertiary/aromatic N) is 2. The van der Waals surface area contributed by atoms with Crippen LogP contribution in [0.5, 0.6) is 0 Å². The Balaban J connectivity index is 1.73. The zero-order valence-corrected chi connectivity index (χ0v) is 21.9. The maximum absolute atomic E-state index is 14.8. The monoisotopic (exact) mass is 493 g/mol. The van der Waals surface area contributed by atoms with Gasteiger partial charge in [0.25, 0.3) is 0 Å². The van der Waals surface area contributed by atoms with Crippen LogP contribution in [0.25, 0.3) is 0 Å². The van der Waals surface area contributed by atoms with Gasteiger partial charge in [0.05, 0.1) is 11.3 Å². The first kappa shape index (κ1) is 23.5. The van der Waals surface area contributed by atoms with E-state index in [0.717, 1.165) is 16.8 Å². The summed E-state index contributed by atoms with van der Waals surface area (Å²) in [5.41, 5.74) is 7.32. The van der Waals surface area contributed by atoms with E-state index >= 15 is 0 Å². The molecular weight excluding hydrogens is 462 g/mol. The molecule has 2 aromatic carbocycles. The van der Waals surface area contributed by atoms with Gasteiger partial charge in [-0.2, -0.15) is 5.26 Å². The van der Waals surface area contributed by atoms with E-state index in [9.17, 15) is 14.9 Å². The SMILES string of the molecule is CC1(C)CC(=O)C2=C(C1)OC(N)=C(C#N)[C@@]21C(=O)N2c3c1cccc3[C@](C)(c1ccccc1)CC2(C)C. The first-order chi connectivity index (χ1) is 17.4. The lowest BCUT2D eigenvalue weighted by Crippen LogP contribution is -2.58. The van der Waals surface area contributed by atoms with Crippen LogP contribution in [0, 0.1) is 16.7 Å². The van der Waals surface area contributed by atoms with Gasteiger partial charge in [0.1, 0.15) is 22.8 Å². The van der Waals surface area contributed by atoms with Crippen molar-refractivity contribution in [3.05, 3.63) is 88.0 Å². The molecule has 0 radical (unpaired) electrons. The molecule has 2 N–H and O–H groups in total. The van der Waals surface area contributed by atoms with Gasteiger partial charge < -0.3 is 15.4 Å². The van der Waals surface area contributed by atoms with E-state index in [4.69, 9.17) is 10.5 Å². The summed E-state index contributed by atoms with van der Waals surface area (Å²) in [6, 6.07) is 18.4. The number of nitrogens with two attached hydrogens (primary N) is 1. The molecule has 188 valence electrons. The van der Waals surface area contributed by atoms with Crippen molar-refractivity contribution in [1.29, 1.82) is 5.26 Å². The Morgan fingerprint density at radius 2 is 1.62 bits per heavy atom. The molecule has 2 atom stereocenters. The number of anilines is 1. The molecule has 37 heavy (non-hydrogen) atoms. The summed E-state index contributed by atoms with van der Waals surface area (Å²) in [7, 11) is 0. The molecule has 0 aromatic heterocycles. The summed E-state index contributed by atoms with van der Waals surface area (Å²) in [6.45, 7) is 10.3. The summed E-state index contributed by atoms with van der Waals surface area (Å²) < 4.78 is 5.95. The van der Waals surface area contributed by atoms with Crippen LogP contribution in [0.2, 0.25) is 0 Å². The van der Waals surface area contributed by atoms with Gasteiger partial charge >= 0.3 is 0 Å². The Kier molecular flexibility index (Phi) is 4.54. The lowest BCUT2D eigenvalue weighted by molar-refractivity contribution is -0.126. The van der Waals surface area contributed by atoms with E-state index in [1.807, 2.05) is 49.1 Å². The number of hydrogen-bond donors (Lipinski definition) is 1. The molecule has 1 amide bonds. The highest BCUT2D eigenvalue weighted by molar-refractivity contribution is 6.21. The number of nitriles is 1. The summed E-state index contributed by atoms with van der Waals surface area (Å²) in [5.74, 6) is -0.146. The van der Waals surface area contributed by atoms with Crippen molar-refractivity contribution in [1.82, 2.24) is 0 Å². The zero-order valence-electron chi connectivity index (χ0n) is 21.9. The first-order valence-corrected chi connectivity index (χ1v) is 12.8. The van der Waals surface area contributed by atoms with Crippen molar-refractivity contribution in [2.45, 2.75) is 70.3 Å². The Bertz CT molecular complexity index is 1510. The van der Waals surface area contributed by atoms with Crippen molar-refractivity contribution >= 4 is 17.4 Å². The highest BCUT2D eigenvalue weighted by Crippen LogP contribution is 2.63. The Hall–Kier alpha value is -3.85. The number of Topliss-reactive ketones (excluding diaryl/α,β-unsaturated/α-hetero) is 1. The van der Waals surface area contributed by atoms with Crippen LogP contribution in [-0.2, 0) is 25.2 Å². The molecule has 0 saturated heterocycles. The van der Waals surface area contributed by atoms with Gasteiger partial charge in [-0.1, -0.05) is 69.3 Å². The molecule has 6 nitrogen and oxygen atoms in total. The minimum absolute atomic E-state index is 0.00400. The molecular formula is C31H31N3O3. The van der Waals surface area contributed by atoms with E-state index in [1.54, 1.807) is 0 Å². The summed E-state index contributed by atoms with van der Waals surface area (Å²) in [6.07, 6.45) is 1.40. The minimum Gasteiger partial charge on any atom is -0.444 e. The number of carbonyl (C=O) groups excluding carboxylic acids is 2. The third-order valence-corrected chi connectivity index (χ3v) is 8.76. The van der Waals surface area contributed by atoms with Crippen LogP contribution in [-0.4, -0.2) is 17.2 Å². The van der Waals surface area contributed by atoms with E-state index in [0.29, 0.717) is 24.2 Å². The topological polar surface area (TPSA) is 96.4 Å². The number of fused-ring (bicyclic) bond motifs is 2. The van der Waals surface area contributed by atoms with E-state index in [-0.39, 0.29) is 46.0 Å². The molecule has 0 bridgehead atoms. The third kappa shape index (κ3) is 2.80. The molecule has 3 aliphatic heterocycles. The average Bonchev–Trinajstić information content (AvgIpc) is 3.07. The smallest absolute Gasteiger partial charge is 0.248 e. The predicted octanol–water partition coefficient (Wildman–Crippen LogP) is 5.13. The number of ether oxygens (including phenoxy) is 1. The van der Waals surface area contributed by atoms with Crippen LogP contribution in [0.1, 0.15) is 70.6 Å². The van der Waals surface area contributed by atoms with Gasteiger partial charge in [0.2, 0.25) is 11.8 Å². The number of amides is 1. The molecule has 0 fully saturated rings.